The first-order valence-electron chi connectivity index (χ1n) is 10.1. The van der Waals surface area contributed by atoms with Crippen LogP contribution >= 0.6 is 0 Å². The van der Waals surface area contributed by atoms with Crippen molar-refractivity contribution in [2.24, 2.45) is 17.8 Å². The monoisotopic (exact) mass is 336 g/mol. The molecule has 1 aliphatic carbocycles. The molecule has 5 fully saturated rings. The molecule has 1 aromatic rings. The van der Waals surface area contributed by atoms with Gasteiger partial charge in [0.2, 0.25) is 5.91 Å². The van der Waals surface area contributed by atoms with Gasteiger partial charge in [0.25, 0.3) is 0 Å². The topological polar surface area (TPSA) is 32.8 Å². The Kier molecular flexibility index (Phi) is 2.36. The minimum Gasteiger partial charge on any atom is -0.377 e. The van der Waals surface area contributed by atoms with Gasteiger partial charge in [-0.05, 0) is 49.3 Å². The van der Waals surface area contributed by atoms with Crippen molar-refractivity contribution >= 4 is 11.6 Å². The maximum Gasteiger partial charge on any atom is 0.229 e. The van der Waals surface area contributed by atoms with Crippen LogP contribution in [-0.4, -0.2) is 48.7 Å². The van der Waals surface area contributed by atoms with Crippen molar-refractivity contribution in [1.29, 1.82) is 0 Å². The Morgan fingerprint density at radius 2 is 2.16 bits per heavy atom. The lowest BCUT2D eigenvalue weighted by atomic mass is 9.52. The fourth-order valence-electron chi connectivity index (χ4n) is 7.96. The highest BCUT2D eigenvalue weighted by Gasteiger charge is 2.71. The van der Waals surface area contributed by atoms with Crippen molar-refractivity contribution in [3.8, 4) is 0 Å². The first-order valence-corrected chi connectivity index (χ1v) is 10.1. The molecule has 4 saturated heterocycles. The first-order chi connectivity index (χ1) is 12.3. The number of hydrogen-bond acceptors (Lipinski definition) is 3. The number of para-hydroxylation sites is 1. The highest BCUT2D eigenvalue weighted by Crippen LogP contribution is 2.66. The van der Waals surface area contributed by atoms with Crippen LogP contribution in [0, 0.1) is 17.8 Å². The molecule has 4 nitrogen and oxygen atoms in total. The van der Waals surface area contributed by atoms with Crippen LogP contribution in [0.15, 0.2) is 24.3 Å². The summed E-state index contributed by atoms with van der Waals surface area (Å²) >= 11 is 0. The average molecular weight is 336 g/mol. The van der Waals surface area contributed by atoms with Crippen LogP contribution < -0.4 is 4.90 Å². The normalized spacial score (nSPS) is 49.1. The molecule has 130 valence electrons. The number of rotatable bonds is 0. The third-order valence-corrected chi connectivity index (χ3v) is 8.64. The molecule has 1 spiro atoms. The van der Waals surface area contributed by atoms with Gasteiger partial charge in [-0.2, -0.15) is 0 Å². The number of fused-ring (bicyclic) bond motifs is 2. The highest BCUT2D eigenvalue weighted by atomic mass is 16.5. The van der Waals surface area contributed by atoms with Crippen molar-refractivity contribution in [3.63, 3.8) is 0 Å². The summed E-state index contributed by atoms with van der Waals surface area (Å²) < 4.78 is 6.33. The molecule has 1 aromatic carbocycles. The molecule has 5 heterocycles. The van der Waals surface area contributed by atoms with Gasteiger partial charge in [-0.1, -0.05) is 18.2 Å². The number of hydrogen-bond donors (Lipinski definition) is 0. The van der Waals surface area contributed by atoms with Gasteiger partial charge in [-0.15, -0.1) is 0 Å². The van der Waals surface area contributed by atoms with E-state index in [-0.39, 0.29) is 11.5 Å². The summed E-state index contributed by atoms with van der Waals surface area (Å²) in [6.07, 6.45) is 4.46. The van der Waals surface area contributed by atoms with Crippen molar-refractivity contribution in [3.05, 3.63) is 29.8 Å². The van der Waals surface area contributed by atoms with Gasteiger partial charge < -0.3 is 9.64 Å². The van der Waals surface area contributed by atoms with Crippen LogP contribution in [0.2, 0.25) is 0 Å². The van der Waals surface area contributed by atoms with Crippen LogP contribution in [-0.2, 0) is 14.9 Å². The summed E-state index contributed by atoms with van der Waals surface area (Å²) in [6.45, 7) is 3.31. The van der Waals surface area contributed by atoms with Gasteiger partial charge >= 0.3 is 0 Å². The molecule has 0 N–H and O–H groups in total. The van der Waals surface area contributed by atoms with Crippen LogP contribution in [0.5, 0.6) is 0 Å². The molecule has 6 aliphatic rings. The molecule has 1 amide bonds. The largest absolute Gasteiger partial charge is 0.377 e. The van der Waals surface area contributed by atoms with Gasteiger partial charge in [0.1, 0.15) is 0 Å². The Balaban J connectivity index is 1.53. The third kappa shape index (κ3) is 1.37. The zero-order valence-corrected chi connectivity index (χ0v) is 14.4. The van der Waals surface area contributed by atoms with Crippen molar-refractivity contribution in [2.75, 3.05) is 24.6 Å². The maximum atomic E-state index is 13.2. The van der Waals surface area contributed by atoms with E-state index in [0.29, 0.717) is 30.3 Å². The molecule has 6 unspecified atom stereocenters. The van der Waals surface area contributed by atoms with E-state index < -0.39 is 0 Å². The Labute approximate surface area is 148 Å². The zero-order valence-electron chi connectivity index (χ0n) is 14.4. The second-order valence-corrected chi connectivity index (χ2v) is 9.17. The molecular weight excluding hydrogens is 312 g/mol. The van der Waals surface area contributed by atoms with Crippen LogP contribution in [0.1, 0.15) is 31.2 Å². The number of nitrogens with zero attached hydrogens (tertiary/aromatic N) is 2. The molecule has 7 atom stereocenters. The fourth-order valence-corrected chi connectivity index (χ4v) is 7.96. The molecule has 5 aliphatic heterocycles. The van der Waals surface area contributed by atoms with Crippen molar-refractivity contribution in [1.82, 2.24) is 4.90 Å². The molecule has 1 saturated carbocycles. The second-order valence-electron chi connectivity index (χ2n) is 9.17. The summed E-state index contributed by atoms with van der Waals surface area (Å²) in [5.74, 6) is 2.34. The second kappa shape index (κ2) is 4.29. The number of benzene rings is 1. The summed E-state index contributed by atoms with van der Waals surface area (Å²) in [4.78, 5) is 18.2. The Hall–Kier alpha value is -1.39. The zero-order chi connectivity index (χ0) is 16.3. The Bertz CT molecular complexity index is 794. The smallest absolute Gasteiger partial charge is 0.229 e. The number of amides is 1. The fraction of sp³-hybridized carbons (Fsp3) is 0.667. The van der Waals surface area contributed by atoms with E-state index in [2.05, 4.69) is 34.1 Å². The third-order valence-electron chi connectivity index (χ3n) is 8.64. The highest BCUT2D eigenvalue weighted by molar-refractivity contribution is 5.99. The van der Waals surface area contributed by atoms with Crippen molar-refractivity contribution < 1.29 is 9.53 Å². The molecule has 4 heteroatoms. The lowest BCUT2D eigenvalue weighted by molar-refractivity contribution is -0.134. The number of ether oxygens (including phenoxy) is 1. The van der Waals surface area contributed by atoms with E-state index in [1.54, 1.807) is 0 Å². The molecular formula is C21H24N2O2. The van der Waals surface area contributed by atoms with E-state index in [4.69, 9.17) is 4.74 Å². The van der Waals surface area contributed by atoms with Crippen LogP contribution in [0.3, 0.4) is 0 Å². The molecule has 2 bridgehead atoms. The number of carbonyl (C=O) groups excluding carboxylic acids is 1. The molecule has 25 heavy (non-hydrogen) atoms. The maximum absolute atomic E-state index is 13.2. The van der Waals surface area contributed by atoms with Gasteiger partial charge in [-0.25, -0.2) is 0 Å². The summed E-state index contributed by atoms with van der Waals surface area (Å²) in [5.41, 5.74) is 2.83. The lowest BCUT2D eigenvalue weighted by Gasteiger charge is -2.59. The predicted molar refractivity (Wildman–Crippen MR) is 93.4 cm³/mol. The van der Waals surface area contributed by atoms with E-state index in [1.807, 2.05) is 0 Å². The Morgan fingerprint density at radius 1 is 1.24 bits per heavy atom. The number of piperidine rings is 2. The standard InChI is InChI=1S/C21H24N2O2/c24-18-10-16-19-13-9-17-21(6-7-22(17)11-12(13)5-8-25-16)14-3-1-2-4-15(14)23(18)20(19)21/h1-4,12-13,16-17,19-20H,5-11H2/t12?,13?,16?,17?,19?,20?,21-/m1/s1. The first kappa shape index (κ1) is 13.8. The van der Waals surface area contributed by atoms with E-state index in [0.717, 1.165) is 18.4 Å². The minimum absolute atomic E-state index is 0.156. The molecule has 0 aromatic heterocycles. The average Bonchev–Trinajstić information content (AvgIpc) is 3.10. The SMILES string of the molecule is O=C1CC2OCCC3CN4CC[C@]56c7ccccc7N1C5C2C3CC46. The van der Waals surface area contributed by atoms with E-state index >= 15 is 0 Å². The van der Waals surface area contributed by atoms with Gasteiger partial charge in [0.05, 0.1) is 18.6 Å². The van der Waals surface area contributed by atoms with E-state index in [1.165, 1.54) is 43.6 Å². The van der Waals surface area contributed by atoms with Gasteiger partial charge in [-0.3, -0.25) is 9.69 Å². The predicted octanol–water partition coefficient (Wildman–Crippen LogP) is 2.17. The molecule has 0 radical (unpaired) electrons. The van der Waals surface area contributed by atoms with Crippen LogP contribution in [0.25, 0.3) is 0 Å². The van der Waals surface area contributed by atoms with Crippen molar-refractivity contribution in [2.45, 2.75) is 49.3 Å². The molecule has 7 rings (SSSR count). The van der Waals surface area contributed by atoms with Crippen LogP contribution in [0.4, 0.5) is 5.69 Å². The Morgan fingerprint density at radius 3 is 3.12 bits per heavy atom. The minimum atomic E-state index is 0.156. The van der Waals surface area contributed by atoms with E-state index in [9.17, 15) is 4.79 Å². The van der Waals surface area contributed by atoms with Gasteiger partial charge in [0.15, 0.2) is 0 Å². The number of anilines is 1. The quantitative estimate of drug-likeness (QED) is 0.728. The summed E-state index contributed by atoms with van der Waals surface area (Å²) in [7, 11) is 0. The lowest BCUT2D eigenvalue weighted by Crippen LogP contribution is -2.70. The number of carbonyl (C=O) groups is 1. The summed E-state index contributed by atoms with van der Waals surface area (Å²) in [6, 6.07) is 9.78. The summed E-state index contributed by atoms with van der Waals surface area (Å²) in [5, 5.41) is 0. The van der Waals surface area contributed by atoms with Gasteiger partial charge in [0, 0.05) is 36.2 Å².